The molecule has 2 aromatic carbocycles. The summed E-state index contributed by atoms with van der Waals surface area (Å²) in [5.41, 5.74) is 0.849. The molecule has 9 nitrogen and oxygen atoms in total. The summed E-state index contributed by atoms with van der Waals surface area (Å²) in [6.07, 6.45) is -0.610. The third kappa shape index (κ3) is 3.41. The number of benzene rings is 2. The highest BCUT2D eigenvalue weighted by Gasteiger charge is 2.53. The predicted molar refractivity (Wildman–Crippen MR) is 102 cm³/mol. The third-order valence-electron chi connectivity index (χ3n) is 5.13. The summed E-state index contributed by atoms with van der Waals surface area (Å²) in [5, 5.41) is 63.1. The van der Waals surface area contributed by atoms with Gasteiger partial charge in [0, 0.05) is 23.4 Å². The van der Waals surface area contributed by atoms with Crippen molar-refractivity contribution in [2.24, 2.45) is 0 Å². The minimum Gasteiger partial charge on any atom is -0.353 e. The van der Waals surface area contributed by atoms with E-state index in [0.717, 1.165) is 4.57 Å². The Morgan fingerprint density at radius 1 is 0.931 bits per heavy atom. The van der Waals surface area contributed by atoms with Crippen molar-refractivity contribution >= 4 is 22.6 Å². The minimum absolute atomic E-state index is 0.0204. The van der Waals surface area contributed by atoms with Crippen molar-refractivity contribution in [1.29, 1.82) is 0 Å². The van der Waals surface area contributed by atoms with Crippen molar-refractivity contribution in [3.63, 3.8) is 0 Å². The van der Waals surface area contributed by atoms with E-state index in [1.54, 1.807) is 24.3 Å². The highest BCUT2D eigenvalue weighted by molar-refractivity contribution is 6.30. The smallest absolute Gasteiger partial charge is 0.280 e. The van der Waals surface area contributed by atoms with E-state index in [0.29, 0.717) is 21.0 Å². The number of rotatable bonds is 4. The van der Waals surface area contributed by atoms with Gasteiger partial charge in [-0.15, -0.1) is 0 Å². The summed E-state index contributed by atoms with van der Waals surface area (Å²) >= 11 is 5.89. The first kappa shape index (κ1) is 20.2. The van der Waals surface area contributed by atoms with E-state index in [1.165, 1.54) is 24.3 Å². The maximum Gasteiger partial charge on any atom is 0.280 e. The average molecular weight is 422 g/mol. The molecule has 2 heterocycles. The van der Waals surface area contributed by atoms with Crippen LogP contribution in [0.1, 0.15) is 24.2 Å². The van der Waals surface area contributed by atoms with Gasteiger partial charge in [0.2, 0.25) is 11.8 Å². The second-order valence-corrected chi connectivity index (χ2v) is 7.57. The molecule has 3 aromatic rings. The van der Waals surface area contributed by atoms with Crippen LogP contribution in [0, 0.1) is 0 Å². The molecule has 0 atom stereocenters. The molecular formula is C19H20ClN3O6. The van der Waals surface area contributed by atoms with E-state index in [9.17, 15) is 30.6 Å². The highest BCUT2D eigenvalue weighted by Crippen LogP contribution is 2.37. The first-order chi connectivity index (χ1) is 13.5. The number of likely N-dealkylation sites (tertiary alicyclic amines) is 1. The van der Waals surface area contributed by atoms with Crippen molar-refractivity contribution in [3.05, 3.63) is 64.9 Å². The van der Waals surface area contributed by atoms with E-state index < -0.39 is 24.3 Å². The molecule has 0 aliphatic carbocycles. The maximum absolute atomic E-state index is 11.0. The van der Waals surface area contributed by atoms with Crippen LogP contribution in [0.3, 0.4) is 0 Å². The Balaban J connectivity index is 1.87. The van der Waals surface area contributed by atoms with Crippen molar-refractivity contribution in [3.8, 4) is 0 Å². The number of aromatic nitrogens is 2. The quantitative estimate of drug-likeness (QED) is 0.328. The van der Waals surface area contributed by atoms with Gasteiger partial charge in [0.05, 0.1) is 17.6 Å². The number of fused-ring (bicyclic) bond motifs is 1. The molecule has 6 N–H and O–H groups in total. The largest absolute Gasteiger partial charge is 0.353 e. The minimum atomic E-state index is -2.57. The first-order valence-electron chi connectivity index (χ1n) is 8.87. The molecule has 0 unspecified atom stereocenters. The van der Waals surface area contributed by atoms with Gasteiger partial charge in [-0.3, -0.25) is 4.57 Å². The van der Waals surface area contributed by atoms with Crippen LogP contribution in [0.4, 0.5) is 0 Å². The Morgan fingerprint density at radius 3 is 2.14 bits per heavy atom. The molecule has 0 radical (unpaired) electrons. The molecule has 0 amide bonds. The fraction of sp³-hybridized carbons (Fsp3) is 0.316. The van der Waals surface area contributed by atoms with Gasteiger partial charge in [0.1, 0.15) is 5.82 Å². The van der Waals surface area contributed by atoms with Gasteiger partial charge in [-0.1, -0.05) is 35.9 Å². The molecular weight excluding hydrogens is 402 g/mol. The number of nitrogens with zero attached hydrogens (tertiary/aromatic N) is 3. The fourth-order valence-corrected chi connectivity index (χ4v) is 3.75. The zero-order valence-electron chi connectivity index (χ0n) is 15.1. The van der Waals surface area contributed by atoms with Crippen LogP contribution in [-0.4, -0.2) is 56.9 Å². The Labute approximate surface area is 170 Å². The number of hydrogen-bond donors (Lipinski definition) is 6. The summed E-state index contributed by atoms with van der Waals surface area (Å²) in [5.74, 6) is -7.59. The second-order valence-electron chi connectivity index (χ2n) is 7.13. The lowest BCUT2D eigenvalue weighted by Crippen LogP contribution is -2.54. The normalized spacial score (nSPS) is 19.1. The molecule has 1 aromatic heterocycles. The van der Waals surface area contributed by atoms with Crippen LogP contribution >= 0.6 is 11.6 Å². The van der Waals surface area contributed by atoms with Crippen molar-refractivity contribution in [1.82, 2.24) is 14.5 Å². The number of hydrogen-bond acceptors (Lipinski definition) is 8. The van der Waals surface area contributed by atoms with Crippen molar-refractivity contribution in [2.75, 3.05) is 0 Å². The summed E-state index contributed by atoms with van der Waals surface area (Å²) in [6, 6.07) is 12.5. The van der Waals surface area contributed by atoms with Gasteiger partial charge in [-0.25, -0.2) is 4.98 Å². The zero-order chi connectivity index (χ0) is 21.0. The summed E-state index contributed by atoms with van der Waals surface area (Å²) in [4.78, 5) is 4.98. The summed E-state index contributed by atoms with van der Waals surface area (Å²) in [6.45, 7) is -0.481. The molecule has 1 aliphatic rings. The summed E-state index contributed by atoms with van der Waals surface area (Å²) < 4.78 is 1.09. The van der Waals surface area contributed by atoms with E-state index in [2.05, 4.69) is 4.98 Å². The van der Waals surface area contributed by atoms with Crippen LogP contribution in [0.2, 0.25) is 5.02 Å². The zero-order valence-corrected chi connectivity index (χ0v) is 15.9. The lowest BCUT2D eigenvalue weighted by atomic mass is 10.1. The highest BCUT2D eigenvalue weighted by atomic mass is 35.5. The molecule has 1 saturated heterocycles. The lowest BCUT2D eigenvalue weighted by Gasteiger charge is -2.35. The number of halogens is 1. The van der Waals surface area contributed by atoms with Gasteiger partial charge in [0.15, 0.2) is 0 Å². The second kappa shape index (κ2) is 6.73. The third-order valence-corrected chi connectivity index (χ3v) is 5.39. The number of para-hydroxylation sites is 2. The van der Waals surface area contributed by atoms with E-state index >= 15 is 0 Å². The molecule has 0 spiro atoms. The van der Waals surface area contributed by atoms with Gasteiger partial charge in [-0.05, 0) is 24.3 Å². The molecule has 0 bridgehead atoms. The summed E-state index contributed by atoms with van der Waals surface area (Å²) in [7, 11) is 0. The first-order valence-corrected chi connectivity index (χ1v) is 9.25. The van der Waals surface area contributed by atoms with E-state index in [4.69, 9.17) is 11.6 Å². The topological polar surface area (TPSA) is 142 Å². The molecule has 29 heavy (non-hydrogen) atoms. The van der Waals surface area contributed by atoms with Gasteiger partial charge >= 0.3 is 0 Å². The van der Waals surface area contributed by atoms with Gasteiger partial charge in [0.25, 0.3) is 5.91 Å². The van der Waals surface area contributed by atoms with Gasteiger partial charge in [-0.2, -0.15) is 4.90 Å². The number of imidazole rings is 1. The van der Waals surface area contributed by atoms with Crippen molar-refractivity contribution < 1.29 is 30.6 Å². The monoisotopic (exact) mass is 421 g/mol. The predicted octanol–water partition coefficient (Wildman–Crippen LogP) is 0.205. The van der Waals surface area contributed by atoms with Crippen LogP contribution < -0.4 is 0 Å². The fourth-order valence-electron chi connectivity index (χ4n) is 3.62. The van der Waals surface area contributed by atoms with Gasteiger partial charge < -0.3 is 30.6 Å². The maximum atomic E-state index is 11.0. The Hall–Kier alpha value is -2.08. The number of aliphatic hydroxyl groups is 6. The molecule has 1 fully saturated rings. The molecule has 154 valence electrons. The lowest BCUT2D eigenvalue weighted by molar-refractivity contribution is -0.348. The van der Waals surface area contributed by atoms with E-state index in [1.807, 2.05) is 0 Å². The van der Waals surface area contributed by atoms with Crippen LogP contribution in [0.25, 0.3) is 11.0 Å². The molecule has 4 rings (SSSR count). The Bertz CT molecular complexity index is 1030. The standard InChI is InChI=1S/C19H20ClN3O6/c20-13-7-5-12(6-8-13)19(28,29)23-15-4-2-1-3-14(15)21-16(23)11-22-17(24,25)9-10-18(22,26)27/h1-8,24-29H,9-11H2. The van der Waals surface area contributed by atoms with Crippen LogP contribution in [0.5, 0.6) is 0 Å². The van der Waals surface area contributed by atoms with Crippen LogP contribution in [-0.2, 0) is 12.5 Å². The van der Waals surface area contributed by atoms with Crippen molar-refractivity contribution in [2.45, 2.75) is 37.1 Å². The molecule has 0 saturated carbocycles. The SMILES string of the molecule is OC1(O)CCC(O)(O)N1Cc1nc2ccccc2n1C(O)(O)c1ccc(Cl)cc1. The van der Waals surface area contributed by atoms with Crippen LogP contribution in [0.15, 0.2) is 48.5 Å². The Kier molecular flexibility index (Phi) is 4.69. The Morgan fingerprint density at radius 2 is 1.52 bits per heavy atom. The average Bonchev–Trinajstić information content (AvgIpc) is 3.12. The van der Waals surface area contributed by atoms with E-state index in [-0.39, 0.29) is 24.2 Å². The molecule has 10 heteroatoms. The molecule has 1 aliphatic heterocycles.